The highest BCUT2D eigenvalue weighted by Crippen LogP contribution is 2.44. The predicted octanol–water partition coefficient (Wildman–Crippen LogP) is 1.56. The fourth-order valence-electron chi connectivity index (χ4n) is 3.17. The molecule has 1 unspecified atom stereocenters. The van der Waals surface area contributed by atoms with Gasteiger partial charge < -0.3 is 14.2 Å². The molecule has 2 aromatic rings. The summed E-state index contributed by atoms with van der Waals surface area (Å²) >= 11 is 6.11. The van der Waals surface area contributed by atoms with E-state index in [0.29, 0.717) is 0 Å². The predicted molar refractivity (Wildman–Crippen MR) is 100 cm³/mol. The van der Waals surface area contributed by atoms with Gasteiger partial charge in [0.05, 0.1) is 6.33 Å². The van der Waals surface area contributed by atoms with Gasteiger partial charge in [-0.05, 0) is 6.92 Å². The van der Waals surface area contributed by atoms with Crippen LogP contribution in [0.25, 0.3) is 11.2 Å². The Labute approximate surface area is 174 Å². The van der Waals surface area contributed by atoms with E-state index >= 15 is 4.39 Å². The third-order valence-corrected chi connectivity index (χ3v) is 4.61. The molecule has 0 radical (unpaired) electrons. The van der Waals surface area contributed by atoms with E-state index in [2.05, 4.69) is 20.3 Å². The number of halogens is 2. The smallest absolute Gasteiger partial charge is 0.303 e. The lowest BCUT2D eigenvalue weighted by molar-refractivity contribution is -0.158. The van der Waals surface area contributed by atoms with Gasteiger partial charge in [-0.25, -0.2) is 9.37 Å². The number of hydrogen-bond acceptors (Lipinski definition) is 9. The maximum atomic E-state index is 15.8. The Morgan fingerprint density at radius 2 is 2.00 bits per heavy atom. The average molecular weight is 444 g/mol. The van der Waals surface area contributed by atoms with Crippen molar-refractivity contribution in [3.8, 4) is 0 Å². The first-order valence-electron chi connectivity index (χ1n) is 8.83. The van der Waals surface area contributed by atoms with Crippen LogP contribution < -0.4 is 5.32 Å². The van der Waals surface area contributed by atoms with Crippen molar-refractivity contribution in [3.63, 3.8) is 0 Å². The molecule has 4 atom stereocenters. The van der Waals surface area contributed by atoms with Crippen molar-refractivity contribution in [1.82, 2.24) is 19.5 Å². The van der Waals surface area contributed by atoms with Gasteiger partial charge in [0.15, 0.2) is 28.8 Å². The first kappa shape index (κ1) is 21.8. The normalized spacial score (nSPS) is 25.9. The Hall–Kier alpha value is -2.86. The van der Waals surface area contributed by atoms with Crippen LogP contribution in [0.1, 0.15) is 33.9 Å². The van der Waals surface area contributed by atoms with E-state index in [4.69, 9.17) is 25.8 Å². The number of esters is 2. The van der Waals surface area contributed by atoms with Crippen LogP contribution >= 0.6 is 11.6 Å². The summed E-state index contributed by atoms with van der Waals surface area (Å²) < 4.78 is 32.9. The monoisotopic (exact) mass is 443 g/mol. The number of imidazole rings is 1. The van der Waals surface area contributed by atoms with Crippen molar-refractivity contribution in [2.45, 2.75) is 51.8 Å². The molecule has 0 spiro atoms. The molecule has 1 saturated heterocycles. The fraction of sp³-hybridized carbons (Fsp3) is 0.529. The van der Waals surface area contributed by atoms with Crippen LogP contribution in [0.5, 0.6) is 0 Å². The van der Waals surface area contributed by atoms with E-state index in [0.717, 1.165) is 6.92 Å². The first-order chi connectivity index (χ1) is 14.0. The molecule has 0 bridgehead atoms. The zero-order chi connectivity index (χ0) is 22.2. The molecule has 0 aromatic carbocycles. The van der Waals surface area contributed by atoms with Gasteiger partial charge in [-0.15, -0.1) is 0 Å². The summed E-state index contributed by atoms with van der Waals surface area (Å²) in [4.78, 5) is 46.2. The number of amides is 1. The Morgan fingerprint density at radius 1 is 1.30 bits per heavy atom. The number of aromatic nitrogens is 4. The molecule has 162 valence electrons. The van der Waals surface area contributed by atoms with Gasteiger partial charge in [-0.3, -0.25) is 24.3 Å². The zero-order valence-corrected chi connectivity index (χ0v) is 17.3. The summed E-state index contributed by atoms with van der Waals surface area (Å²) in [5.74, 6) is -1.86. The molecule has 2 aromatic heterocycles. The van der Waals surface area contributed by atoms with Crippen molar-refractivity contribution in [1.29, 1.82) is 0 Å². The number of fused-ring (bicyclic) bond motifs is 1. The lowest BCUT2D eigenvalue weighted by atomic mass is 9.98. The van der Waals surface area contributed by atoms with Gasteiger partial charge in [-0.1, -0.05) is 11.6 Å². The molecule has 1 aliphatic rings. The number of alkyl halides is 1. The van der Waals surface area contributed by atoms with Crippen molar-refractivity contribution in [2.75, 3.05) is 11.9 Å². The van der Waals surface area contributed by atoms with Gasteiger partial charge in [0.1, 0.15) is 18.2 Å². The lowest BCUT2D eigenvalue weighted by Gasteiger charge is -2.27. The molecule has 1 N–H and O–H groups in total. The number of carbonyl (C=O) groups excluding carboxylic acids is 3. The molecule has 1 fully saturated rings. The van der Waals surface area contributed by atoms with E-state index in [9.17, 15) is 14.4 Å². The maximum absolute atomic E-state index is 15.8. The minimum Gasteiger partial charge on any atom is -0.463 e. The summed E-state index contributed by atoms with van der Waals surface area (Å²) in [7, 11) is 0. The highest BCUT2D eigenvalue weighted by Gasteiger charge is 2.58. The van der Waals surface area contributed by atoms with Gasteiger partial charge >= 0.3 is 11.9 Å². The summed E-state index contributed by atoms with van der Waals surface area (Å²) in [6.45, 7) is 4.44. The largest absolute Gasteiger partial charge is 0.463 e. The lowest BCUT2D eigenvalue weighted by Crippen LogP contribution is -2.44. The number of nitrogens with one attached hydrogen (secondary N) is 1. The molecular weight excluding hydrogens is 425 g/mol. The van der Waals surface area contributed by atoms with E-state index in [1.54, 1.807) is 0 Å². The Morgan fingerprint density at radius 3 is 2.60 bits per heavy atom. The van der Waals surface area contributed by atoms with Gasteiger partial charge in [0, 0.05) is 20.8 Å². The molecule has 0 aliphatic carbocycles. The minimum atomic E-state index is -2.25. The molecule has 30 heavy (non-hydrogen) atoms. The summed E-state index contributed by atoms with van der Waals surface area (Å²) in [6.07, 6.45) is -2.57. The molecule has 1 amide bonds. The molecule has 3 rings (SSSR count). The third kappa shape index (κ3) is 4.19. The molecule has 3 heterocycles. The van der Waals surface area contributed by atoms with Gasteiger partial charge in [0.2, 0.25) is 11.9 Å². The van der Waals surface area contributed by atoms with Gasteiger partial charge in [0.25, 0.3) is 0 Å². The quantitative estimate of drug-likeness (QED) is 0.539. The number of anilines is 1. The van der Waals surface area contributed by atoms with Crippen LogP contribution in [0.4, 0.5) is 10.3 Å². The zero-order valence-electron chi connectivity index (χ0n) is 16.5. The Bertz CT molecular complexity index is 1010. The molecule has 1 aliphatic heterocycles. The maximum Gasteiger partial charge on any atom is 0.303 e. The second kappa shape index (κ2) is 8.11. The summed E-state index contributed by atoms with van der Waals surface area (Å²) in [5.41, 5.74) is -2.02. The molecular formula is C17H19ClFN5O6. The van der Waals surface area contributed by atoms with Crippen LogP contribution in [-0.2, 0) is 28.6 Å². The fourth-order valence-corrected chi connectivity index (χ4v) is 3.39. The van der Waals surface area contributed by atoms with Crippen molar-refractivity contribution < 1.29 is 33.0 Å². The van der Waals surface area contributed by atoms with Crippen LogP contribution in [0.2, 0.25) is 5.15 Å². The number of carbonyl (C=O) groups is 3. The van der Waals surface area contributed by atoms with E-state index in [1.807, 2.05) is 0 Å². The van der Waals surface area contributed by atoms with E-state index in [-0.39, 0.29) is 28.9 Å². The van der Waals surface area contributed by atoms with Crippen LogP contribution in [0.3, 0.4) is 0 Å². The third-order valence-electron chi connectivity index (χ3n) is 4.34. The van der Waals surface area contributed by atoms with E-state index < -0.39 is 42.0 Å². The standard InChI is InChI=1S/C17H19ClFN5O6/c1-7(25)21-16-22-13(18)11-14(23-16)24(6-20-11)15-17(4,19)12(29-9(3)27)10(30-15)5-28-8(2)26/h6,10,12,15H,5H2,1-4H3,(H,21,22,23,25)/t10-,12-,15-,17?/m1/s1. The van der Waals surface area contributed by atoms with Gasteiger partial charge in [-0.2, -0.15) is 9.97 Å². The number of nitrogens with zero attached hydrogens (tertiary/aromatic N) is 4. The SMILES string of the molecule is CC(=O)Nc1nc(Cl)c2ncn([C@@H]3O[C@H](COC(C)=O)[C@@H](OC(C)=O)C3(C)F)c2n1. The highest BCUT2D eigenvalue weighted by atomic mass is 35.5. The summed E-state index contributed by atoms with van der Waals surface area (Å²) in [5, 5.41) is 2.33. The van der Waals surface area contributed by atoms with Crippen molar-refractivity contribution in [3.05, 3.63) is 11.5 Å². The topological polar surface area (TPSA) is 135 Å². The number of rotatable bonds is 5. The second-order valence-electron chi connectivity index (χ2n) is 6.85. The number of hydrogen-bond donors (Lipinski definition) is 1. The minimum absolute atomic E-state index is 0.0611. The average Bonchev–Trinajstić information content (AvgIpc) is 3.12. The van der Waals surface area contributed by atoms with E-state index in [1.165, 1.54) is 31.7 Å². The molecule has 13 heteroatoms. The van der Waals surface area contributed by atoms with Crippen LogP contribution in [0, 0.1) is 0 Å². The van der Waals surface area contributed by atoms with Crippen molar-refractivity contribution >= 4 is 46.6 Å². The Kier molecular flexibility index (Phi) is 5.90. The van der Waals surface area contributed by atoms with Crippen molar-refractivity contribution in [2.24, 2.45) is 0 Å². The molecule has 0 saturated carbocycles. The summed E-state index contributed by atoms with van der Waals surface area (Å²) in [6, 6.07) is 0. The number of ether oxygens (including phenoxy) is 3. The highest BCUT2D eigenvalue weighted by molar-refractivity contribution is 6.33. The first-order valence-corrected chi connectivity index (χ1v) is 9.21. The molecule has 11 nitrogen and oxygen atoms in total. The van der Waals surface area contributed by atoms with Crippen LogP contribution in [0.15, 0.2) is 6.33 Å². The Balaban J connectivity index is 2.03. The second-order valence-corrected chi connectivity index (χ2v) is 7.21. The van der Waals surface area contributed by atoms with Crippen LogP contribution in [-0.4, -0.2) is 61.8 Å².